The number of pyridine rings is 2. The molecular weight excluding hydrogens is 546 g/mol. The molecule has 0 aliphatic carbocycles. The molecule has 0 atom stereocenters. The number of carbonyl (C=O) groups excluding carboxylic acids is 1. The van der Waals surface area contributed by atoms with Gasteiger partial charge in [-0.05, 0) is 49.4 Å². The number of rotatable bonds is 4. The Balaban J connectivity index is 1.39. The number of nitrogens with zero attached hydrogens (tertiary/aromatic N) is 5. The van der Waals surface area contributed by atoms with Crippen LogP contribution >= 0.6 is 0 Å². The van der Waals surface area contributed by atoms with Crippen molar-refractivity contribution >= 4 is 28.6 Å². The summed E-state index contributed by atoms with van der Waals surface area (Å²) >= 11 is 0. The normalized spacial score (nSPS) is 11.8. The number of hydrogen-bond acceptors (Lipinski definition) is 7. The molecule has 41 heavy (non-hydrogen) atoms. The van der Waals surface area contributed by atoms with E-state index < -0.39 is 29.2 Å². The number of nitrogens with two attached hydrogens (primary N) is 1. The summed E-state index contributed by atoms with van der Waals surface area (Å²) in [5.74, 6) is -1.82. The van der Waals surface area contributed by atoms with Crippen molar-refractivity contribution in [3.8, 4) is 22.6 Å². The van der Waals surface area contributed by atoms with Crippen molar-refractivity contribution < 1.29 is 26.8 Å². The van der Waals surface area contributed by atoms with Crippen LogP contribution in [-0.4, -0.2) is 29.7 Å². The van der Waals surface area contributed by atoms with E-state index in [1.54, 1.807) is 29.7 Å². The fourth-order valence-electron chi connectivity index (χ4n) is 4.47. The van der Waals surface area contributed by atoms with Gasteiger partial charge in [0.25, 0.3) is 5.91 Å². The highest BCUT2D eigenvalue weighted by Crippen LogP contribution is 2.34. The molecule has 1 aromatic carbocycles. The highest BCUT2D eigenvalue weighted by Gasteiger charge is 2.31. The van der Waals surface area contributed by atoms with Crippen LogP contribution in [0, 0.1) is 12.7 Å². The second-order valence-corrected chi connectivity index (χ2v) is 8.99. The number of oxazole rings is 1. The molecule has 1 amide bonds. The molecule has 0 bridgehead atoms. The molecule has 0 spiro atoms. The molecule has 5 heterocycles. The van der Waals surface area contributed by atoms with Gasteiger partial charge in [-0.3, -0.25) is 9.20 Å². The number of halogens is 4. The molecule has 6 aromatic rings. The molecule has 10 nitrogen and oxygen atoms in total. The number of carbonyl (C=O) groups is 1. The lowest BCUT2D eigenvalue weighted by Gasteiger charge is -2.10. The summed E-state index contributed by atoms with van der Waals surface area (Å²) in [5, 5.41) is 2.24. The van der Waals surface area contributed by atoms with Crippen LogP contribution < -0.4 is 16.8 Å². The Hall–Kier alpha value is -5.53. The lowest BCUT2D eigenvalue weighted by Crippen LogP contribution is -2.14. The van der Waals surface area contributed by atoms with Gasteiger partial charge in [-0.1, -0.05) is 0 Å². The summed E-state index contributed by atoms with van der Waals surface area (Å²) in [5.41, 5.74) is 6.43. The first-order chi connectivity index (χ1) is 19.5. The molecule has 0 aliphatic heterocycles. The predicted molar refractivity (Wildman–Crippen MR) is 140 cm³/mol. The maximum Gasteiger partial charge on any atom is 0.423 e. The summed E-state index contributed by atoms with van der Waals surface area (Å²) in [6.07, 6.45) is 0.833. The Morgan fingerprint density at radius 3 is 2.61 bits per heavy atom. The zero-order chi connectivity index (χ0) is 29.1. The molecule has 206 valence electrons. The van der Waals surface area contributed by atoms with E-state index in [2.05, 4.69) is 20.3 Å². The van der Waals surface area contributed by atoms with Crippen LogP contribution in [0.2, 0.25) is 0 Å². The lowest BCUT2D eigenvalue weighted by atomic mass is 10.1. The SMILES string of the molecule is Cc1oc(=O)n2cc(-c3nc(-c4ccc(C(=O)Nc5cc(C(F)(F)F)ccn5)cc4F)c4c(N)nccn34)ccc12. The average molecular weight is 563 g/mol. The van der Waals surface area contributed by atoms with Crippen molar-refractivity contribution in [1.29, 1.82) is 0 Å². The van der Waals surface area contributed by atoms with Gasteiger partial charge in [0.15, 0.2) is 0 Å². The number of amides is 1. The number of nitrogens with one attached hydrogen (secondary N) is 1. The van der Waals surface area contributed by atoms with Gasteiger partial charge in [0.2, 0.25) is 0 Å². The summed E-state index contributed by atoms with van der Waals surface area (Å²) < 4.78 is 62.5. The van der Waals surface area contributed by atoms with Crippen LogP contribution in [0.15, 0.2) is 76.5 Å². The third-order valence-electron chi connectivity index (χ3n) is 6.40. The summed E-state index contributed by atoms with van der Waals surface area (Å²) in [7, 11) is 0. The second kappa shape index (κ2) is 9.29. The molecular formula is C27H17F4N7O3. The van der Waals surface area contributed by atoms with E-state index in [0.717, 1.165) is 18.3 Å². The average Bonchev–Trinajstić information content (AvgIpc) is 3.46. The molecule has 3 N–H and O–H groups in total. The fourth-order valence-corrected chi connectivity index (χ4v) is 4.47. The number of alkyl halides is 3. The van der Waals surface area contributed by atoms with E-state index in [-0.39, 0.29) is 34.0 Å². The quantitative estimate of drug-likeness (QED) is 0.290. The van der Waals surface area contributed by atoms with Crippen molar-refractivity contribution in [2.24, 2.45) is 0 Å². The predicted octanol–water partition coefficient (Wildman–Crippen LogP) is 4.97. The summed E-state index contributed by atoms with van der Waals surface area (Å²) in [6.45, 7) is 1.66. The van der Waals surface area contributed by atoms with Crippen molar-refractivity contribution in [1.82, 2.24) is 23.8 Å². The van der Waals surface area contributed by atoms with Crippen LogP contribution in [0.4, 0.5) is 29.2 Å². The number of anilines is 2. The van der Waals surface area contributed by atoms with E-state index in [1.807, 2.05) is 0 Å². The van der Waals surface area contributed by atoms with Gasteiger partial charge in [0, 0.05) is 41.5 Å². The molecule has 6 rings (SSSR count). The smallest absolute Gasteiger partial charge is 0.412 e. The van der Waals surface area contributed by atoms with E-state index in [4.69, 9.17) is 10.2 Å². The standard InChI is InChI=1S/C27H17F4N7O3/c1-13-19-5-3-15(12-38(19)26(40)41-13)24-36-21(22-23(32)34-8-9-37(22)24)17-4-2-14(10-18(17)28)25(39)35-20-11-16(6-7-33-20)27(29,30)31/h2-12H,1H3,(H2,32,34)(H,33,35,39). The fraction of sp³-hybridized carbons (Fsp3) is 0.0741. The number of aryl methyl sites for hydroxylation is 1. The van der Waals surface area contributed by atoms with Gasteiger partial charge < -0.3 is 15.5 Å². The molecule has 0 saturated heterocycles. The number of benzene rings is 1. The number of fused-ring (bicyclic) bond motifs is 2. The molecule has 0 radical (unpaired) electrons. The molecule has 0 fully saturated rings. The molecule has 14 heteroatoms. The van der Waals surface area contributed by atoms with Crippen molar-refractivity contribution in [2.75, 3.05) is 11.1 Å². The van der Waals surface area contributed by atoms with Crippen LogP contribution in [-0.2, 0) is 6.18 Å². The van der Waals surface area contributed by atoms with Gasteiger partial charge in [0.05, 0.1) is 11.1 Å². The van der Waals surface area contributed by atoms with Crippen LogP contribution in [0.5, 0.6) is 0 Å². The highest BCUT2D eigenvalue weighted by molar-refractivity contribution is 6.04. The minimum absolute atomic E-state index is 0.0143. The molecule has 0 unspecified atom stereocenters. The Kier molecular flexibility index (Phi) is 5.83. The Morgan fingerprint density at radius 1 is 1.05 bits per heavy atom. The Bertz CT molecular complexity index is 2060. The van der Waals surface area contributed by atoms with E-state index in [9.17, 15) is 22.8 Å². The minimum Gasteiger partial charge on any atom is -0.412 e. The molecule has 0 saturated carbocycles. The zero-order valence-electron chi connectivity index (χ0n) is 20.9. The lowest BCUT2D eigenvalue weighted by molar-refractivity contribution is -0.137. The Morgan fingerprint density at radius 2 is 1.85 bits per heavy atom. The van der Waals surface area contributed by atoms with Gasteiger partial charge in [-0.2, -0.15) is 13.2 Å². The van der Waals surface area contributed by atoms with Crippen LogP contribution in [0.1, 0.15) is 21.7 Å². The third-order valence-corrected chi connectivity index (χ3v) is 6.40. The molecule has 5 aromatic heterocycles. The van der Waals surface area contributed by atoms with Crippen molar-refractivity contribution in [2.45, 2.75) is 13.1 Å². The number of aromatic nitrogens is 5. The topological polar surface area (TPSA) is 133 Å². The minimum atomic E-state index is -4.63. The van der Waals surface area contributed by atoms with Crippen molar-refractivity contribution in [3.63, 3.8) is 0 Å². The van der Waals surface area contributed by atoms with Gasteiger partial charge in [-0.15, -0.1) is 0 Å². The first-order valence-electron chi connectivity index (χ1n) is 11.9. The maximum atomic E-state index is 15.5. The molecule has 0 aliphatic rings. The van der Waals surface area contributed by atoms with Gasteiger partial charge >= 0.3 is 11.9 Å². The Labute approximate surface area is 226 Å². The van der Waals surface area contributed by atoms with Gasteiger partial charge in [0.1, 0.15) is 40.2 Å². The maximum absolute atomic E-state index is 15.5. The highest BCUT2D eigenvalue weighted by atomic mass is 19.4. The monoisotopic (exact) mass is 563 g/mol. The number of imidazole rings is 1. The van der Waals surface area contributed by atoms with E-state index in [1.165, 1.54) is 28.9 Å². The van der Waals surface area contributed by atoms with Crippen LogP contribution in [0.3, 0.4) is 0 Å². The largest absolute Gasteiger partial charge is 0.423 e. The first-order valence-corrected chi connectivity index (χ1v) is 11.9. The zero-order valence-corrected chi connectivity index (χ0v) is 20.9. The third kappa shape index (κ3) is 4.44. The summed E-state index contributed by atoms with van der Waals surface area (Å²) in [6, 6.07) is 8.37. The summed E-state index contributed by atoms with van der Waals surface area (Å²) in [4.78, 5) is 37.3. The van der Waals surface area contributed by atoms with Crippen molar-refractivity contribution in [3.05, 3.63) is 101 Å². The van der Waals surface area contributed by atoms with Crippen LogP contribution in [0.25, 0.3) is 33.7 Å². The second-order valence-electron chi connectivity index (χ2n) is 8.99. The van der Waals surface area contributed by atoms with E-state index in [0.29, 0.717) is 28.7 Å². The van der Waals surface area contributed by atoms with Gasteiger partial charge in [-0.25, -0.2) is 28.5 Å². The van der Waals surface area contributed by atoms with E-state index >= 15 is 4.39 Å². The first kappa shape index (κ1) is 25.7. The number of hydrogen-bond donors (Lipinski definition) is 2. The number of nitrogen functional groups attached to an aromatic ring is 1.